The van der Waals surface area contributed by atoms with Gasteiger partial charge in [-0.25, -0.2) is 9.87 Å². The molecule has 0 amide bonds. The molecule has 0 saturated carbocycles. The molecule has 0 N–H and O–H groups in total. The molecule has 3 aromatic rings. The molecular formula is C29H36Cl4N2O7S. The number of benzene rings is 2. The number of imidazole rings is 1. The number of halogens is 4. The minimum Gasteiger partial charge on any atom is -0.350 e. The molecule has 9 nitrogen and oxygen atoms in total. The van der Waals surface area contributed by atoms with Gasteiger partial charge in [-0.1, -0.05) is 65.5 Å². The van der Waals surface area contributed by atoms with Gasteiger partial charge in [0.05, 0.1) is 66.6 Å². The van der Waals surface area contributed by atoms with Crippen molar-refractivity contribution < 1.29 is 32.4 Å². The van der Waals surface area contributed by atoms with Crippen molar-refractivity contribution in [2.45, 2.75) is 44.2 Å². The third kappa shape index (κ3) is 13.4. The smallest absolute Gasteiger partial charge is 0.194 e. The SMILES string of the molecule is CC(CC1OCCO1)c1ccc(Cl)c(Cl)c1.COOSOCC(CC1OCCO1)c1ccc(Cl)c(Cl)c1.Cn1ccnc1. The van der Waals surface area contributed by atoms with Crippen LogP contribution in [-0.2, 0) is 39.4 Å². The van der Waals surface area contributed by atoms with Crippen molar-refractivity contribution >= 4 is 58.7 Å². The van der Waals surface area contributed by atoms with Gasteiger partial charge in [0.25, 0.3) is 0 Å². The minimum absolute atomic E-state index is 0.0378. The Morgan fingerprint density at radius 2 is 1.42 bits per heavy atom. The molecular weight excluding hydrogens is 662 g/mol. The van der Waals surface area contributed by atoms with Gasteiger partial charge in [0.1, 0.15) is 0 Å². The normalized spacial score (nSPS) is 16.7. The van der Waals surface area contributed by atoms with E-state index < -0.39 is 0 Å². The van der Waals surface area contributed by atoms with Crippen LogP contribution in [0.3, 0.4) is 0 Å². The molecule has 1 aromatic heterocycles. The number of aromatic nitrogens is 2. The van der Waals surface area contributed by atoms with Crippen LogP contribution in [0.1, 0.15) is 42.7 Å². The van der Waals surface area contributed by atoms with Crippen molar-refractivity contribution in [2.24, 2.45) is 7.05 Å². The van der Waals surface area contributed by atoms with Gasteiger partial charge >= 0.3 is 0 Å². The monoisotopic (exact) mass is 696 g/mol. The Hall–Kier alpha value is -1.12. The third-order valence-corrected chi connectivity index (χ3v) is 8.28. The Morgan fingerprint density at radius 1 is 0.860 bits per heavy atom. The number of hydrogen-bond donors (Lipinski definition) is 0. The van der Waals surface area contributed by atoms with Crippen LogP contribution in [0.25, 0.3) is 0 Å². The quantitative estimate of drug-likeness (QED) is 0.0851. The largest absolute Gasteiger partial charge is 0.350 e. The van der Waals surface area contributed by atoms with Crippen molar-refractivity contribution in [3.05, 3.63) is 86.3 Å². The summed E-state index contributed by atoms with van der Waals surface area (Å²) in [6, 6.07) is 11.2. The van der Waals surface area contributed by atoms with Gasteiger partial charge in [-0.05, 0) is 41.3 Å². The third-order valence-electron chi connectivity index (χ3n) is 6.38. The maximum atomic E-state index is 6.07. The molecule has 3 heterocycles. The Bertz CT molecular complexity index is 1200. The lowest BCUT2D eigenvalue weighted by Crippen LogP contribution is -2.16. The van der Waals surface area contributed by atoms with E-state index in [-0.39, 0.29) is 18.5 Å². The van der Waals surface area contributed by atoms with Crippen LogP contribution in [-0.4, -0.2) is 62.3 Å². The first kappa shape index (κ1) is 36.3. The predicted octanol–water partition coefficient (Wildman–Crippen LogP) is 8.28. The fourth-order valence-corrected chi connectivity index (χ4v) is 5.04. The number of rotatable bonds is 11. The van der Waals surface area contributed by atoms with Crippen LogP contribution < -0.4 is 0 Å². The molecule has 0 bridgehead atoms. The molecule has 2 aliphatic rings. The number of hydrogen-bond acceptors (Lipinski definition) is 9. The van der Waals surface area contributed by atoms with E-state index in [0.717, 1.165) is 29.9 Å². The summed E-state index contributed by atoms with van der Waals surface area (Å²) in [6.07, 6.45) is 6.58. The van der Waals surface area contributed by atoms with E-state index in [1.54, 1.807) is 18.6 Å². The van der Waals surface area contributed by atoms with E-state index in [0.29, 0.717) is 65.5 Å². The summed E-state index contributed by atoms with van der Waals surface area (Å²) >= 11 is 24.7. The molecule has 5 rings (SSSR count). The molecule has 0 aliphatic carbocycles. The van der Waals surface area contributed by atoms with E-state index in [9.17, 15) is 0 Å². The Labute approximate surface area is 277 Å². The first-order valence-corrected chi connectivity index (χ1v) is 15.7. The average molecular weight is 698 g/mol. The molecule has 2 fully saturated rings. The number of nitrogens with zero attached hydrogens (tertiary/aromatic N) is 2. The molecule has 2 aromatic carbocycles. The first-order valence-electron chi connectivity index (χ1n) is 13.5. The molecule has 2 atom stereocenters. The molecule has 0 radical (unpaired) electrons. The van der Waals surface area contributed by atoms with E-state index in [1.165, 1.54) is 7.11 Å². The fraction of sp³-hybridized carbons (Fsp3) is 0.483. The summed E-state index contributed by atoms with van der Waals surface area (Å²) in [7, 11) is 3.35. The zero-order valence-electron chi connectivity index (χ0n) is 24.1. The average Bonchev–Trinajstić information content (AvgIpc) is 3.80. The van der Waals surface area contributed by atoms with Crippen LogP contribution in [0.4, 0.5) is 0 Å². The van der Waals surface area contributed by atoms with E-state index in [4.69, 9.17) is 69.5 Å². The Balaban J connectivity index is 0.000000202. The molecule has 14 heteroatoms. The minimum atomic E-state index is -0.235. The second-order valence-corrected chi connectivity index (χ2v) is 11.7. The summed E-state index contributed by atoms with van der Waals surface area (Å²) in [5.74, 6) is 0.383. The van der Waals surface area contributed by atoms with Crippen molar-refractivity contribution in [2.75, 3.05) is 40.1 Å². The molecule has 2 aliphatic heterocycles. The maximum absolute atomic E-state index is 6.07. The summed E-state index contributed by atoms with van der Waals surface area (Å²) in [4.78, 5) is 8.23. The standard InChI is InChI=1S/C13H16Cl2O5S.C12H14Cl2O2.C4H6N2/c1-16-20-21-19-8-10(7-13-17-4-5-18-13)9-2-3-11(14)12(15)6-9;1-8(6-12-15-4-5-16-12)9-2-3-10(13)11(14)7-9;1-6-3-2-5-4-6/h2-3,6,10,13H,4-5,7-8H2,1H3;2-3,7-8,12H,4-6H2,1H3;2-4H,1H3. The molecule has 2 saturated heterocycles. The lowest BCUT2D eigenvalue weighted by Gasteiger charge is -2.20. The predicted molar refractivity (Wildman–Crippen MR) is 170 cm³/mol. The fourth-order valence-electron chi connectivity index (χ4n) is 4.11. The summed E-state index contributed by atoms with van der Waals surface area (Å²) in [6.45, 7) is 5.14. The highest BCUT2D eigenvalue weighted by Gasteiger charge is 2.24. The Morgan fingerprint density at radius 3 is 1.91 bits per heavy atom. The zero-order valence-corrected chi connectivity index (χ0v) is 28.0. The highest BCUT2D eigenvalue weighted by atomic mass is 35.5. The molecule has 2 unspecified atom stereocenters. The van der Waals surface area contributed by atoms with Crippen LogP contribution >= 0.6 is 58.7 Å². The van der Waals surface area contributed by atoms with E-state index >= 15 is 0 Å². The second-order valence-electron chi connectivity index (χ2n) is 9.57. The zero-order chi connectivity index (χ0) is 31.0. The lowest BCUT2D eigenvalue weighted by molar-refractivity contribution is -0.167. The van der Waals surface area contributed by atoms with Gasteiger partial charge in [-0.3, -0.25) is 4.18 Å². The molecule has 0 spiro atoms. The summed E-state index contributed by atoms with van der Waals surface area (Å²) < 4.78 is 33.7. The topological polar surface area (TPSA) is 82.4 Å². The van der Waals surface area contributed by atoms with Gasteiger partial charge in [-0.2, -0.15) is 0 Å². The van der Waals surface area contributed by atoms with Gasteiger partial charge in [0.2, 0.25) is 0 Å². The number of ether oxygens (including phenoxy) is 4. The van der Waals surface area contributed by atoms with Crippen LogP contribution in [0.2, 0.25) is 20.1 Å². The molecule has 43 heavy (non-hydrogen) atoms. The van der Waals surface area contributed by atoms with E-state index in [1.807, 2.05) is 48.1 Å². The van der Waals surface area contributed by atoms with Gasteiger partial charge < -0.3 is 23.5 Å². The van der Waals surface area contributed by atoms with Crippen molar-refractivity contribution in [1.82, 2.24) is 9.55 Å². The van der Waals surface area contributed by atoms with Crippen LogP contribution in [0.15, 0.2) is 55.1 Å². The Kier molecular flexibility index (Phi) is 17.0. The van der Waals surface area contributed by atoms with Crippen molar-refractivity contribution in [3.8, 4) is 0 Å². The maximum Gasteiger partial charge on any atom is 0.194 e. The van der Waals surface area contributed by atoms with Crippen molar-refractivity contribution in [3.63, 3.8) is 0 Å². The highest BCUT2D eigenvalue weighted by molar-refractivity contribution is 7.89. The summed E-state index contributed by atoms with van der Waals surface area (Å²) in [5, 5.41) is 2.21. The van der Waals surface area contributed by atoms with Gasteiger partial charge in [0, 0.05) is 38.2 Å². The van der Waals surface area contributed by atoms with Crippen molar-refractivity contribution in [1.29, 1.82) is 0 Å². The highest BCUT2D eigenvalue weighted by Crippen LogP contribution is 2.32. The second kappa shape index (κ2) is 20.1. The van der Waals surface area contributed by atoms with Crippen LogP contribution in [0, 0.1) is 0 Å². The first-order chi connectivity index (χ1) is 20.8. The van der Waals surface area contributed by atoms with E-state index in [2.05, 4.69) is 21.1 Å². The van der Waals surface area contributed by atoms with Gasteiger partial charge in [0.15, 0.2) is 24.9 Å². The van der Waals surface area contributed by atoms with Gasteiger partial charge in [-0.15, -0.1) is 4.33 Å². The lowest BCUT2D eigenvalue weighted by atomic mass is 9.96. The van der Waals surface area contributed by atoms with Crippen LogP contribution in [0.5, 0.6) is 0 Å². The number of aryl methyl sites for hydroxylation is 1. The summed E-state index contributed by atoms with van der Waals surface area (Å²) in [5.41, 5.74) is 2.16. The molecule has 238 valence electrons.